The van der Waals surface area contributed by atoms with Crippen LogP contribution < -0.4 is 10.1 Å². The van der Waals surface area contributed by atoms with Crippen LogP contribution in [0.3, 0.4) is 0 Å². The zero-order chi connectivity index (χ0) is 16.0. The fraction of sp³-hybridized carbons (Fsp3) is 0.500. The van der Waals surface area contributed by atoms with Gasteiger partial charge in [-0.3, -0.25) is 4.79 Å². The van der Waals surface area contributed by atoms with Gasteiger partial charge in [0.05, 0.1) is 12.0 Å². The predicted molar refractivity (Wildman–Crippen MR) is 101 cm³/mol. The van der Waals surface area contributed by atoms with Crippen LogP contribution in [-0.4, -0.2) is 43.1 Å². The van der Waals surface area contributed by atoms with Crippen LogP contribution in [-0.2, 0) is 0 Å². The number of thiophene rings is 1. The maximum Gasteiger partial charge on any atom is 0.264 e. The van der Waals surface area contributed by atoms with Gasteiger partial charge in [0, 0.05) is 29.9 Å². The summed E-state index contributed by atoms with van der Waals surface area (Å²) in [6.45, 7) is 3.75. The fourth-order valence-electron chi connectivity index (χ4n) is 3.80. The van der Waals surface area contributed by atoms with Crippen LogP contribution >= 0.6 is 23.7 Å². The quantitative estimate of drug-likeness (QED) is 0.882. The van der Waals surface area contributed by atoms with E-state index in [0.717, 1.165) is 45.8 Å². The normalized spacial score (nSPS) is 23.0. The number of halogens is 1. The van der Waals surface area contributed by atoms with Crippen molar-refractivity contribution in [2.75, 3.05) is 20.2 Å². The molecule has 4 rings (SSSR count). The molecule has 1 aromatic heterocycles. The maximum atomic E-state index is 13.1. The minimum Gasteiger partial charge on any atom is -0.497 e. The predicted octanol–water partition coefficient (Wildman–Crippen LogP) is 3.61. The van der Waals surface area contributed by atoms with E-state index in [9.17, 15) is 4.79 Å². The number of likely N-dealkylation sites (tertiary alicyclic amines) is 1. The molecule has 2 aliphatic rings. The highest BCUT2D eigenvalue weighted by Gasteiger charge is 2.32. The van der Waals surface area contributed by atoms with Crippen molar-refractivity contribution in [3.8, 4) is 5.75 Å². The number of nitrogens with zero attached hydrogens (tertiary/aromatic N) is 1. The lowest BCUT2D eigenvalue weighted by Gasteiger charge is -2.24. The van der Waals surface area contributed by atoms with Crippen LogP contribution in [0.4, 0.5) is 0 Å². The molecule has 1 N–H and O–H groups in total. The van der Waals surface area contributed by atoms with Crippen molar-refractivity contribution in [3.05, 3.63) is 28.6 Å². The van der Waals surface area contributed by atoms with Crippen molar-refractivity contribution in [1.29, 1.82) is 0 Å². The van der Waals surface area contributed by atoms with Crippen molar-refractivity contribution < 1.29 is 9.53 Å². The van der Waals surface area contributed by atoms with Crippen LogP contribution in [0, 0.1) is 6.92 Å². The summed E-state index contributed by atoms with van der Waals surface area (Å²) in [6.07, 6.45) is 3.52. The molecule has 0 radical (unpaired) electrons. The molecule has 0 aliphatic carbocycles. The summed E-state index contributed by atoms with van der Waals surface area (Å²) in [5.74, 6) is 1.03. The number of carbonyl (C=O) groups is 1. The number of fused-ring (bicyclic) bond motifs is 3. The molecule has 1 amide bonds. The number of ether oxygens (including phenoxy) is 1. The average Bonchev–Trinajstić information content (AvgIpc) is 3.06. The van der Waals surface area contributed by atoms with Gasteiger partial charge in [-0.25, -0.2) is 0 Å². The van der Waals surface area contributed by atoms with Gasteiger partial charge in [0.25, 0.3) is 5.91 Å². The van der Waals surface area contributed by atoms with Gasteiger partial charge in [0.15, 0.2) is 0 Å². The molecule has 2 bridgehead atoms. The van der Waals surface area contributed by atoms with Gasteiger partial charge < -0.3 is 15.0 Å². The van der Waals surface area contributed by atoms with Gasteiger partial charge in [-0.2, -0.15) is 0 Å². The number of nitrogens with one attached hydrogen (secondary N) is 1. The lowest BCUT2D eigenvalue weighted by molar-refractivity contribution is 0.0752. The van der Waals surface area contributed by atoms with E-state index in [0.29, 0.717) is 12.1 Å². The zero-order valence-electron chi connectivity index (χ0n) is 14.0. The first kappa shape index (κ1) is 17.5. The monoisotopic (exact) mass is 366 g/mol. The van der Waals surface area contributed by atoms with E-state index in [1.54, 1.807) is 18.4 Å². The molecule has 6 heteroatoms. The van der Waals surface area contributed by atoms with Crippen LogP contribution in [0.1, 0.15) is 34.5 Å². The molecule has 2 aromatic rings. The third-order valence-corrected chi connectivity index (χ3v) is 6.41. The van der Waals surface area contributed by atoms with Gasteiger partial charge in [-0.05, 0) is 55.3 Å². The largest absolute Gasteiger partial charge is 0.497 e. The third kappa shape index (κ3) is 3.01. The second kappa shape index (κ2) is 6.90. The summed E-state index contributed by atoms with van der Waals surface area (Å²) in [7, 11) is 1.67. The molecule has 2 saturated heterocycles. The van der Waals surface area contributed by atoms with Crippen molar-refractivity contribution in [1.82, 2.24) is 10.2 Å². The summed E-state index contributed by atoms with van der Waals surface area (Å²) in [5.41, 5.74) is 1.08. The number of hydrogen-bond acceptors (Lipinski definition) is 4. The molecule has 130 valence electrons. The summed E-state index contributed by atoms with van der Waals surface area (Å²) >= 11 is 1.60. The Morgan fingerprint density at radius 1 is 1.29 bits per heavy atom. The highest BCUT2D eigenvalue weighted by molar-refractivity contribution is 7.21. The smallest absolute Gasteiger partial charge is 0.264 e. The molecule has 3 heterocycles. The maximum absolute atomic E-state index is 13.1. The molecule has 1 aromatic carbocycles. The molecular formula is C18H23ClN2O2S. The molecule has 0 saturated carbocycles. The van der Waals surface area contributed by atoms with Crippen molar-refractivity contribution in [2.45, 2.75) is 38.3 Å². The number of aryl methyl sites for hydroxylation is 1. The molecule has 2 aliphatic heterocycles. The highest BCUT2D eigenvalue weighted by atomic mass is 35.5. The van der Waals surface area contributed by atoms with E-state index in [1.807, 2.05) is 24.0 Å². The number of rotatable bonds is 2. The number of methoxy groups -OCH3 is 1. The average molecular weight is 367 g/mol. The molecule has 2 atom stereocenters. The summed E-state index contributed by atoms with van der Waals surface area (Å²) in [4.78, 5) is 16.0. The SMILES string of the molecule is COc1ccc2sc(C(=O)N3CCC4CCC(C3)N4)c(C)c2c1.Cl. The summed E-state index contributed by atoms with van der Waals surface area (Å²) in [6, 6.07) is 7.12. The minimum atomic E-state index is 0. The fourth-order valence-corrected chi connectivity index (χ4v) is 4.96. The molecule has 2 unspecified atom stereocenters. The van der Waals surface area contributed by atoms with E-state index < -0.39 is 0 Å². The first-order valence-corrected chi connectivity index (χ1v) is 9.10. The summed E-state index contributed by atoms with van der Waals surface area (Å²) in [5, 5.41) is 4.77. The van der Waals surface area contributed by atoms with Crippen LogP contribution in [0.15, 0.2) is 18.2 Å². The van der Waals surface area contributed by atoms with E-state index in [4.69, 9.17) is 4.74 Å². The van der Waals surface area contributed by atoms with E-state index >= 15 is 0 Å². The van der Waals surface area contributed by atoms with Gasteiger partial charge in [-0.1, -0.05) is 0 Å². The van der Waals surface area contributed by atoms with Crippen molar-refractivity contribution in [2.24, 2.45) is 0 Å². The van der Waals surface area contributed by atoms with Gasteiger partial charge in [0.2, 0.25) is 0 Å². The van der Waals surface area contributed by atoms with Gasteiger partial charge in [0.1, 0.15) is 5.75 Å². The van der Waals surface area contributed by atoms with E-state index in [1.165, 1.54) is 12.8 Å². The second-order valence-electron chi connectivity index (χ2n) is 6.60. The molecule has 2 fully saturated rings. The Kier molecular flexibility index (Phi) is 5.04. The van der Waals surface area contributed by atoms with E-state index in [-0.39, 0.29) is 18.3 Å². The Morgan fingerprint density at radius 3 is 2.88 bits per heavy atom. The standard InChI is InChI=1S/C18H22N2O2S.ClH/c1-11-15-9-14(22-2)5-6-16(15)23-17(11)18(21)20-8-7-12-3-4-13(10-20)19-12;/h5-6,9,12-13,19H,3-4,7-8,10H2,1-2H3;1H. The first-order chi connectivity index (χ1) is 11.2. The number of benzene rings is 1. The topological polar surface area (TPSA) is 41.6 Å². The lowest BCUT2D eigenvalue weighted by Crippen LogP contribution is -2.38. The van der Waals surface area contributed by atoms with Crippen LogP contribution in [0.2, 0.25) is 0 Å². The van der Waals surface area contributed by atoms with E-state index in [2.05, 4.69) is 11.4 Å². The van der Waals surface area contributed by atoms with Gasteiger partial charge >= 0.3 is 0 Å². The van der Waals surface area contributed by atoms with Crippen LogP contribution in [0.5, 0.6) is 5.75 Å². The number of hydrogen-bond donors (Lipinski definition) is 1. The van der Waals surface area contributed by atoms with Crippen molar-refractivity contribution in [3.63, 3.8) is 0 Å². The first-order valence-electron chi connectivity index (χ1n) is 8.28. The molecular weight excluding hydrogens is 344 g/mol. The lowest BCUT2D eigenvalue weighted by atomic mass is 10.1. The Hall–Kier alpha value is -1.30. The minimum absolute atomic E-state index is 0. The number of amides is 1. The van der Waals surface area contributed by atoms with Crippen molar-refractivity contribution >= 4 is 39.7 Å². The Morgan fingerprint density at radius 2 is 2.08 bits per heavy atom. The Balaban J connectivity index is 0.00000169. The van der Waals surface area contributed by atoms with Gasteiger partial charge in [-0.15, -0.1) is 23.7 Å². The second-order valence-corrected chi connectivity index (χ2v) is 7.65. The summed E-state index contributed by atoms with van der Waals surface area (Å²) < 4.78 is 6.47. The number of carbonyl (C=O) groups excluding carboxylic acids is 1. The zero-order valence-corrected chi connectivity index (χ0v) is 15.6. The van der Waals surface area contributed by atoms with Crippen LogP contribution in [0.25, 0.3) is 10.1 Å². The third-order valence-electron chi connectivity index (χ3n) is 5.15. The molecule has 0 spiro atoms. The Labute approximate surface area is 152 Å². The molecule has 24 heavy (non-hydrogen) atoms. The Bertz CT molecular complexity index is 761. The highest BCUT2D eigenvalue weighted by Crippen LogP contribution is 2.34. The molecule has 4 nitrogen and oxygen atoms in total.